The Morgan fingerprint density at radius 1 is 0.941 bits per heavy atom. The van der Waals surface area contributed by atoms with Gasteiger partial charge in [-0.1, -0.05) is 52.3 Å². The summed E-state index contributed by atoms with van der Waals surface area (Å²) in [6.45, 7) is 4.28. The lowest BCUT2D eigenvalue weighted by Gasteiger charge is -2.10. The Bertz CT molecular complexity index is 764. The molecule has 3 rings (SSSR count). The molecule has 0 saturated carbocycles. The minimum atomic E-state index is 1.17. The van der Waals surface area contributed by atoms with E-state index in [2.05, 4.69) is 72.3 Å². The molecule has 0 spiro atoms. The van der Waals surface area contributed by atoms with Crippen molar-refractivity contribution >= 4 is 43.6 Å². The van der Waals surface area contributed by atoms with Crippen molar-refractivity contribution in [3.63, 3.8) is 0 Å². The van der Waals surface area contributed by atoms with Crippen LogP contribution in [-0.2, 0) is 0 Å². The van der Waals surface area contributed by atoms with Crippen LogP contribution < -0.4 is 5.22 Å². The third-order valence-electron chi connectivity index (χ3n) is 3.41. The van der Waals surface area contributed by atoms with Crippen LogP contribution in [0.25, 0.3) is 27.6 Å². The van der Waals surface area contributed by atoms with Gasteiger partial charge in [0.05, 0.1) is 0 Å². The van der Waals surface area contributed by atoms with E-state index in [1.165, 1.54) is 36.8 Å². The van der Waals surface area contributed by atoms with Gasteiger partial charge in [0.25, 0.3) is 0 Å². The van der Waals surface area contributed by atoms with E-state index in [9.17, 15) is 0 Å². The first kappa shape index (κ1) is 10.8. The van der Waals surface area contributed by atoms with Gasteiger partial charge >= 0.3 is 0 Å². The fourth-order valence-electron chi connectivity index (χ4n) is 2.56. The molecule has 17 heavy (non-hydrogen) atoms. The Kier molecular flexibility index (Phi) is 2.44. The monoisotopic (exact) mass is 284 g/mol. The van der Waals surface area contributed by atoms with E-state index in [0.29, 0.717) is 0 Å². The molecule has 0 atom stereocenters. The van der Waals surface area contributed by atoms with Crippen LogP contribution >= 0.6 is 15.9 Å². The maximum absolute atomic E-state index is 3.64. The van der Waals surface area contributed by atoms with Gasteiger partial charge in [-0.05, 0) is 52.2 Å². The van der Waals surface area contributed by atoms with Crippen LogP contribution in [0.4, 0.5) is 0 Å². The van der Waals surface area contributed by atoms with Crippen LogP contribution in [0.5, 0.6) is 0 Å². The van der Waals surface area contributed by atoms with Crippen molar-refractivity contribution in [3.8, 4) is 0 Å². The minimum absolute atomic E-state index is 1.17. The zero-order valence-electron chi connectivity index (χ0n) is 9.92. The number of hydrogen-bond donors (Lipinski definition) is 0. The zero-order valence-corrected chi connectivity index (χ0v) is 11.5. The van der Waals surface area contributed by atoms with E-state index in [-0.39, 0.29) is 0 Å². The van der Waals surface area contributed by atoms with E-state index in [1.54, 1.807) is 0 Å². The predicted octanol–water partition coefficient (Wildman–Crippen LogP) is 4.58. The van der Waals surface area contributed by atoms with Gasteiger partial charge in [0.15, 0.2) is 0 Å². The van der Waals surface area contributed by atoms with Crippen LogP contribution in [0.2, 0.25) is 0 Å². The lowest BCUT2D eigenvalue weighted by Crippen LogP contribution is -2.03. The second-order valence-electron chi connectivity index (χ2n) is 4.39. The summed E-state index contributed by atoms with van der Waals surface area (Å²) in [5.41, 5.74) is 1.34. The van der Waals surface area contributed by atoms with Gasteiger partial charge in [-0.25, -0.2) is 0 Å². The quantitative estimate of drug-likeness (QED) is 0.567. The summed E-state index contributed by atoms with van der Waals surface area (Å²) in [5.74, 6) is 0. The molecule has 0 saturated heterocycles. The average Bonchev–Trinajstić information content (AvgIpc) is 2.36. The lowest BCUT2D eigenvalue weighted by atomic mass is 9.96. The molecule has 1 heteroatoms. The van der Waals surface area contributed by atoms with Crippen molar-refractivity contribution in [2.75, 3.05) is 0 Å². The molecule has 0 amide bonds. The Hall–Kier alpha value is -1.34. The van der Waals surface area contributed by atoms with Gasteiger partial charge in [-0.2, -0.15) is 0 Å². The highest BCUT2D eigenvalue weighted by Crippen LogP contribution is 2.31. The highest BCUT2D eigenvalue weighted by atomic mass is 79.9. The third kappa shape index (κ3) is 1.49. The number of hydrogen-bond acceptors (Lipinski definition) is 0. The van der Waals surface area contributed by atoms with Crippen molar-refractivity contribution in [1.29, 1.82) is 0 Å². The second-order valence-corrected chi connectivity index (χ2v) is 5.25. The molecular weight excluding hydrogens is 272 g/mol. The standard InChI is InChI=1S/C16H13Br/c1-3-11-6-8-13-14(17)9-7-12-5-4-10(2)15(11)16(12)13/h3-9H,1-2H3/b11-3-. The van der Waals surface area contributed by atoms with Crippen molar-refractivity contribution in [2.45, 2.75) is 13.8 Å². The van der Waals surface area contributed by atoms with Crippen LogP contribution in [0.1, 0.15) is 12.5 Å². The zero-order chi connectivity index (χ0) is 12.0. The van der Waals surface area contributed by atoms with Gasteiger partial charge in [-0.15, -0.1) is 0 Å². The third-order valence-corrected chi connectivity index (χ3v) is 4.10. The minimum Gasteiger partial charge on any atom is -0.0798 e. The summed E-state index contributed by atoms with van der Waals surface area (Å²) in [4.78, 5) is 0. The average molecular weight is 285 g/mol. The van der Waals surface area contributed by atoms with E-state index in [0.717, 1.165) is 0 Å². The van der Waals surface area contributed by atoms with Crippen molar-refractivity contribution in [2.24, 2.45) is 0 Å². The number of aryl methyl sites for hydroxylation is 1. The van der Waals surface area contributed by atoms with E-state index in [1.807, 2.05) is 0 Å². The van der Waals surface area contributed by atoms with Gasteiger partial charge in [0.1, 0.15) is 0 Å². The molecule has 0 aliphatic rings. The Morgan fingerprint density at radius 3 is 2.47 bits per heavy atom. The first-order valence-corrected chi connectivity index (χ1v) is 6.58. The molecule has 0 bridgehead atoms. The fraction of sp³-hybridized carbons (Fsp3) is 0.125. The molecule has 0 unspecified atom stereocenters. The predicted molar refractivity (Wildman–Crippen MR) is 79.2 cm³/mol. The first-order chi connectivity index (χ1) is 8.22. The molecule has 0 fully saturated rings. The van der Waals surface area contributed by atoms with Crippen LogP contribution in [0.3, 0.4) is 0 Å². The van der Waals surface area contributed by atoms with Gasteiger partial charge in [0, 0.05) is 4.47 Å². The molecule has 0 aromatic heterocycles. The SMILES string of the molecule is C/C=c1/ccc2c(Br)ccc3ccc(C)c1c32. The summed E-state index contributed by atoms with van der Waals surface area (Å²) in [7, 11) is 0. The number of benzene rings is 3. The normalized spacial score (nSPS) is 12.8. The molecule has 3 aromatic rings. The second kappa shape index (κ2) is 3.85. The first-order valence-electron chi connectivity index (χ1n) is 5.79. The molecule has 3 aromatic carbocycles. The molecule has 0 nitrogen and oxygen atoms in total. The molecule has 0 heterocycles. The molecule has 84 valence electrons. The molecule has 0 radical (unpaired) electrons. The highest BCUT2D eigenvalue weighted by Gasteiger charge is 2.07. The fourth-order valence-corrected chi connectivity index (χ4v) is 3.02. The Labute approximate surface area is 109 Å². The summed E-state index contributed by atoms with van der Waals surface area (Å²) < 4.78 is 1.17. The molecule has 0 aliphatic heterocycles. The van der Waals surface area contributed by atoms with Gasteiger partial charge in [0.2, 0.25) is 0 Å². The summed E-state index contributed by atoms with van der Waals surface area (Å²) in [6, 6.07) is 13.1. The van der Waals surface area contributed by atoms with Crippen molar-refractivity contribution in [1.82, 2.24) is 0 Å². The topological polar surface area (TPSA) is 0 Å². The molecule has 0 N–H and O–H groups in total. The highest BCUT2D eigenvalue weighted by molar-refractivity contribution is 9.10. The van der Waals surface area contributed by atoms with Gasteiger partial charge < -0.3 is 0 Å². The maximum Gasteiger partial charge on any atom is 0.0254 e. The summed E-state index contributed by atoms with van der Waals surface area (Å²) in [5, 5.41) is 6.68. The van der Waals surface area contributed by atoms with E-state index < -0.39 is 0 Å². The molecular formula is C16H13Br. The van der Waals surface area contributed by atoms with Crippen molar-refractivity contribution < 1.29 is 0 Å². The van der Waals surface area contributed by atoms with Crippen LogP contribution in [0, 0.1) is 6.92 Å². The number of rotatable bonds is 0. The Morgan fingerprint density at radius 2 is 1.71 bits per heavy atom. The summed E-state index contributed by atoms with van der Waals surface area (Å²) >= 11 is 3.64. The Balaban J connectivity index is 2.76. The lowest BCUT2D eigenvalue weighted by molar-refractivity contribution is 1.52. The largest absolute Gasteiger partial charge is 0.0798 e. The maximum atomic E-state index is 3.64. The van der Waals surface area contributed by atoms with E-state index in [4.69, 9.17) is 0 Å². The van der Waals surface area contributed by atoms with E-state index >= 15 is 0 Å². The van der Waals surface area contributed by atoms with Crippen LogP contribution in [-0.4, -0.2) is 0 Å². The van der Waals surface area contributed by atoms with Crippen LogP contribution in [0.15, 0.2) is 40.9 Å². The smallest absolute Gasteiger partial charge is 0.0254 e. The summed E-state index contributed by atoms with van der Waals surface area (Å²) in [6.07, 6.45) is 2.18. The van der Waals surface area contributed by atoms with Gasteiger partial charge in [-0.3, -0.25) is 0 Å². The molecule has 0 aliphatic carbocycles. The van der Waals surface area contributed by atoms with Crippen molar-refractivity contribution in [3.05, 3.63) is 51.7 Å². The number of halogens is 1.